The van der Waals surface area contributed by atoms with E-state index in [1.165, 1.54) is 0 Å². The summed E-state index contributed by atoms with van der Waals surface area (Å²) in [6.07, 6.45) is 0.228. The molecule has 0 saturated carbocycles. The highest BCUT2D eigenvalue weighted by Gasteiger charge is 2.49. The van der Waals surface area contributed by atoms with Crippen LogP contribution in [0, 0.1) is 5.92 Å². The van der Waals surface area contributed by atoms with Gasteiger partial charge < -0.3 is 10.1 Å². The Hall–Kier alpha value is -1.65. The van der Waals surface area contributed by atoms with E-state index in [-0.39, 0.29) is 19.6 Å². The lowest BCUT2D eigenvalue weighted by Crippen LogP contribution is -2.52. The van der Waals surface area contributed by atoms with E-state index in [2.05, 4.69) is 5.32 Å². The Kier molecular flexibility index (Phi) is 3.26. The summed E-state index contributed by atoms with van der Waals surface area (Å²) >= 11 is 0. The SMILES string of the molecule is O=C1NCCC(COc2ccccc2)C1(F)F. The highest BCUT2D eigenvalue weighted by Crippen LogP contribution is 2.30. The van der Waals surface area contributed by atoms with Gasteiger partial charge in [0.15, 0.2) is 0 Å². The van der Waals surface area contributed by atoms with Crippen LogP contribution in [0.15, 0.2) is 30.3 Å². The molecule has 1 aromatic carbocycles. The van der Waals surface area contributed by atoms with Crippen molar-refractivity contribution in [3.63, 3.8) is 0 Å². The third kappa shape index (κ3) is 2.54. The van der Waals surface area contributed by atoms with Crippen molar-refractivity contribution in [2.45, 2.75) is 12.3 Å². The van der Waals surface area contributed by atoms with Gasteiger partial charge in [-0.25, -0.2) is 0 Å². The minimum atomic E-state index is -3.34. The third-order valence-corrected chi connectivity index (χ3v) is 2.79. The molecule has 1 unspecified atom stereocenters. The molecule has 1 saturated heterocycles. The number of hydrogen-bond donors (Lipinski definition) is 1. The van der Waals surface area contributed by atoms with Crippen molar-refractivity contribution in [3.8, 4) is 5.75 Å². The van der Waals surface area contributed by atoms with Gasteiger partial charge in [0.25, 0.3) is 5.91 Å². The number of hydrogen-bond acceptors (Lipinski definition) is 2. The fourth-order valence-electron chi connectivity index (χ4n) is 1.75. The zero-order valence-corrected chi connectivity index (χ0v) is 9.16. The molecule has 1 heterocycles. The van der Waals surface area contributed by atoms with Gasteiger partial charge in [0.2, 0.25) is 0 Å². The van der Waals surface area contributed by atoms with Gasteiger partial charge in [0.1, 0.15) is 5.75 Å². The van der Waals surface area contributed by atoms with E-state index in [9.17, 15) is 13.6 Å². The predicted octanol–water partition coefficient (Wildman–Crippen LogP) is 1.84. The number of alkyl halides is 2. The Labute approximate surface area is 97.8 Å². The van der Waals surface area contributed by atoms with Gasteiger partial charge in [0.05, 0.1) is 12.5 Å². The Morgan fingerprint density at radius 2 is 2.06 bits per heavy atom. The highest BCUT2D eigenvalue weighted by molar-refractivity contribution is 5.84. The summed E-state index contributed by atoms with van der Waals surface area (Å²) in [6, 6.07) is 8.74. The second kappa shape index (κ2) is 4.69. The molecule has 0 bridgehead atoms. The molecule has 1 aliphatic rings. The van der Waals surface area contributed by atoms with Crippen molar-refractivity contribution in [1.82, 2.24) is 5.32 Å². The van der Waals surface area contributed by atoms with Gasteiger partial charge in [-0.3, -0.25) is 4.79 Å². The van der Waals surface area contributed by atoms with E-state index in [4.69, 9.17) is 4.74 Å². The number of benzene rings is 1. The number of amides is 1. The zero-order valence-electron chi connectivity index (χ0n) is 9.16. The first-order chi connectivity index (χ1) is 8.10. The molecule has 1 amide bonds. The number of para-hydroxylation sites is 1. The minimum Gasteiger partial charge on any atom is -0.493 e. The van der Waals surface area contributed by atoms with Crippen molar-refractivity contribution in [2.24, 2.45) is 5.92 Å². The van der Waals surface area contributed by atoms with Crippen LogP contribution >= 0.6 is 0 Å². The quantitative estimate of drug-likeness (QED) is 0.876. The van der Waals surface area contributed by atoms with Gasteiger partial charge in [-0.05, 0) is 18.6 Å². The molecule has 1 N–H and O–H groups in total. The third-order valence-electron chi connectivity index (χ3n) is 2.79. The van der Waals surface area contributed by atoms with Gasteiger partial charge in [-0.15, -0.1) is 0 Å². The van der Waals surface area contributed by atoms with Crippen LogP contribution in [0.3, 0.4) is 0 Å². The molecule has 0 aromatic heterocycles. The van der Waals surface area contributed by atoms with E-state index in [0.717, 1.165) is 0 Å². The second-order valence-corrected chi connectivity index (χ2v) is 3.99. The maximum atomic E-state index is 13.5. The lowest BCUT2D eigenvalue weighted by Gasteiger charge is -2.30. The van der Waals surface area contributed by atoms with Crippen molar-refractivity contribution in [3.05, 3.63) is 30.3 Å². The lowest BCUT2D eigenvalue weighted by atomic mass is 9.94. The summed E-state index contributed by atoms with van der Waals surface area (Å²) in [6.45, 7) is 0.127. The normalized spacial score (nSPS) is 22.9. The monoisotopic (exact) mass is 241 g/mol. The Morgan fingerprint density at radius 3 is 2.76 bits per heavy atom. The average molecular weight is 241 g/mol. The number of rotatable bonds is 3. The molecule has 3 nitrogen and oxygen atoms in total. The minimum absolute atomic E-state index is 0.148. The number of ether oxygens (including phenoxy) is 1. The molecular formula is C12H13F2NO2. The van der Waals surface area contributed by atoms with E-state index >= 15 is 0 Å². The molecule has 1 fully saturated rings. The first-order valence-corrected chi connectivity index (χ1v) is 5.44. The van der Waals surface area contributed by atoms with Crippen molar-refractivity contribution in [1.29, 1.82) is 0 Å². The molecule has 1 aliphatic heterocycles. The molecule has 0 aliphatic carbocycles. The van der Waals surface area contributed by atoms with Gasteiger partial charge in [0, 0.05) is 6.54 Å². The predicted molar refractivity (Wildman–Crippen MR) is 58.0 cm³/mol. The lowest BCUT2D eigenvalue weighted by molar-refractivity contribution is -0.161. The van der Waals surface area contributed by atoms with E-state index in [0.29, 0.717) is 5.75 Å². The zero-order chi connectivity index (χ0) is 12.3. The Balaban J connectivity index is 1.97. The van der Waals surface area contributed by atoms with Gasteiger partial charge >= 0.3 is 5.92 Å². The summed E-state index contributed by atoms with van der Waals surface area (Å²) in [5.74, 6) is -5.07. The average Bonchev–Trinajstić information content (AvgIpc) is 2.32. The number of carbonyl (C=O) groups is 1. The molecule has 0 spiro atoms. The molecule has 92 valence electrons. The molecule has 1 atom stereocenters. The van der Waals surface area contributed by atoms with Crippen LogP contribution in [0.4, 0.5) is 8.78 Å². The molecule has 1 aromatic rings. The second-order valence-electron chi connectivity index (χ2n) is 3.99. The first-order valence-electron chi connectivity index (χ1n) is 5.44. The van der Waals surface area contributed by atoms with E-state index in [1.54, 1.807) is 24.3 Å². The molecule has 5 heteroatoms. The largest absolute Gasteiger partial charge is 0.493 e. The summed E-state index contributed by atoms with van der Waals surface area (Å²) in [5, 5.41) is 2.16. The van der Waals surface area contributed by atoms with Gasteiger partial charge in [-0.2, -0.15) is 8.78 Å². The maximum absolute atomic E-state index is 13.5. The van der Waals surface area contributed by atoms with Crippen LogP contribution in [0.1, 0.15) is 6.42 Å². The molecule has 2 rings (SSSR count). The fraction of sp³-hybridized carbons (Fsp3) is 0.417. The number of nitrogens with one attached hydrogen (secondary N) is 1. The smallest absolute Gasteiger partial charge is 0.330 e. The number of carbonyl (C=O) groups excluding carboxylic acids is 1. The number of piperidine rings is 1. The van der Waals surface area contributed by atoms with Crippen LogP contribution in [0.5, 0.6) is 5.75 Å². The molecule has 17 heavy (non-hydrogen) atoms. The van der Waals surface area contributed by atoms with Crippen LogP contribution < -0.4 is 10.1 Å². The van der Waals surface area contributed by atoms with E-state index < -0.39 is 17.7 Å². The standard InChI is InChI=1S/C12H13F2NO2/c13-12(14)9(6-7-15-11(12)16)8-17-10-4-2-1-3-5-10/h1-5,9H,6-8H2,(H,15,16). The fourth-order valence-corrected chi connectivity index (χ4v) is 1.75. The highest BCUT2D eigenvalue weighted by atomic mass is 19.3. The van der Waals surface area contributed by atoms with Crippen LogP contribution in [0.25, 0.3) is 0 Å². The van der Waals surface area contributed by atoms with Crippen LogP contribution in [0.2, 0.25) is 0 Å². The van der Waals surface area contributed by atoms with Crippen LogP contribution in [-0.2, 0) is 4.79 Å². The van der Waals surface area contributed by atoms with E-state index in [1.807, 2.05) is 6.07 Å². The topological polar surface area (TPSA) is 38.3 Å². The van der Waals surface area contributed by atoms with Crippen molar-refractivity contribution >= 4 is 5.91 Å². The summed E-state index contributed by atoms with van der Waals surface area (Å²) < 4.78 is 32.2. The summed E-state index contributed by atoms with van der Waals surface area (Å²) in [5.41, 5.74) is 0. The van der Waals surface area contributed by atoms with Gasteiger partial charge in [-0.1, -0.05) is 18.2 Å². The number of halogens is 2. The molecular weight excluding hydrogens is 228 g/mol. The first kappa shape index (κ1) is 11.8. The summed E-state index contributed by atoms with van der Waals surface area (Å²) in [4.78, 5) is 11.0. The van der Waals surface area contributed by atoms with Crippen molar-refractivity contribution in [2.75, 3.05) is 13.2 Å². The Morgan fingerprint density at radius 1 is 1.35 bits per heavy atom. The van der Waals surface area contributed by atoms with Crippen molar-refractivity contribution < 1.29 is 18.3 Å². The molecule has 0 radical (unpaired) electrons. The van der Waals surface area contributed by atoms with Crippen LogP contribution in [-0.4, -0.2) is 25.0 Å². The maximum Gasteiger partial charge on any atom is 0.330 e. The Bertz CT molecular complexity index is 395. The summed E-state index contributed by atoms with van der Waals surface area (Å²) in [7, 11) is 0.